The lowest BCUT2D eigenvalue weighted by Crippen LogP contribution is -2.22. The normalized spacial score (nSPS) is 10.8. The van der Waals surface area contributed by atoms with Crippen molar-refractivity contribution in [1.82, 2.24) is 9.78 Å². The first-order valence-electron chi connectivity index (χ1n) is 12.0. The Hall–Kier alpha value is -3.84. The number of amides is 1. The van der Waals surface area contributed by atoms with Crippen molar-refractivity contribution in [3.05, 3.63) is 106 Å². The summed E-state index contributed by atoms with van der Waals surface area (Å²) in [6, 6.07) is 24.3. The van der Waals surface area contributed by atoms with Crippen LogP contribution in [0.3, 0.4) is 0 Å². The standard InChI is InChI=1S/C29H30N4O2S/c1-5-32(6-2)24-13-16-26(21(4)19-24)30-29(35)22-9-11-23(12-10-22)33-28(34)18-17-27(31-33)36-25-14-7-20(3)8-15-25/h7-19H,5-6H2,1-4H3,(H,30,35). The average molecular weight is 499 g/mol. The summed E-state index contributed by atoms with van der Waals surface area (Å²) >= 11 is 1.49. The maximum Gasteiger partial charge on any atom is 0.271 e. The van der Waals surface area contributed by atoms with E-state index in [1.165, 1.54) is 28.1 Å². The van der Waals surface area contributed by atoms with Crippen molar-refractivity contribution in [2.75, 3.05) is 23.3 Å². The Morgan fingerprint density at radius 3 is 2.25 bits per heavy atom. The van der Waals surface area contributed by atoms with Gasteiger partial charge in [0.25, 0.3) is 11.5 Å². The van der Waals surface area contributed by atoms with Crippen LogP contribution in [0.2, 0.25) is 0 Å². The molecule has 1 N–H and O–H groups in total. The van der Waals surface area contributed by atoms with Gasteiger partial charge < -0.3 is 10.2 Å². The molecule has 184 valence electrons. The number of aryl methyl sites for hydroxylation is 2. The second-order valence-corrected chi connectivity index (χ2v) is 9.60. The monoisotopic (exact) mass is 498 g/mol. The number of carbonyl (C=O) groups excluding carboxylic acids is 1. The minimum absolute atomic E-state index is 0.204. The minimum atomic E-state index is -0.232. The number of aromatic nitrogens is 2. The number of nitrogens with one attached hydrogen (secondary N) is 1. The molecule has 4 rings (SSSR count). The molecule has 7 heteroatoms. The largest absolute Gasteiger partial charge is 0.372 e. The van der Waals surface area contributed by atoms with Gasteiger partial charge in [0.05, 0.1) is 5.69 Å². The van der Waals surface area contributed by atoms with Crippen molar-refractivity contribution in [1.29, 1.82) is 0 Å². The Balaban J connectivity index is 1.49. The van der Waals surface area contributed by atoms with Crippen molar-refractivity contribution in [3.63, 3.8) is 0 Å². The van der Waals surface area contributed by atoms with Crippen molar-refractivity contribution in [2.45, 2.75) is 37.6 Å². The van der Waals surface area contributed by atoms with Crippen LogP contribution in [0.5, 0.6) is 0 Å². The molecule has 0 radical (unpaired) electrons. The molecule has 0 fully saturated rings. The topological polar surface area (TPSA) is 67.2 Å². The van der Waals surface area contributed by atoms with Crippen molar-refractivity contribution >= 4 is 29.0 Å². The number of rotatable bonds is 8. The molecule has 0 saturated carbocycles. The van der Waals surface area contributed by atoms with Gasteiger partial charge in [0, 0.05) is 41.0 Å². The van der Waals surface area contributed by atoms with E-state index in [2.05, 4.69) is 35.2 Å². The molecule has 1 aromatic heterocycles. The lowest BCUT2D eigenvalue weighted by molar-refractivity contribution is 0.102. The van der Waals surface area contributed by atoms with E-state index in [1.807, 2.05) is 50.2 Å². The number of hydrogen-bond donors (Lipinski definition) is 1. The number of nitrogens with zero attached hydrogens (tertiary/aromatic N) is 3. The summed E-state index contributed by atoms with van der Waals surface area (Å²) in [5.41, 5.74) is 4.98. The fourth-order valence-electron chi connectivity index (χ4n) is 3.88. The van der Waals surface area contributed by atoms with E-state index in [-0.39, 0.29) is 11.5 Å². The zero-order valence-electron chi connectivity index (χ0n) is 21.0. The maximum absolute atomic E-state index is 12.9. The van der Waals surface area contributed by atoms with Crippen molar-refractivity contribution < 1.29 is 4.79 Å². The Morgan fingerprint density at radius 1 is 0.917 bits per heavy atom. The third-order valence-electron chi connectivity index (χ3n) is 5.98. The third-order valence-corrected chi connectivity index (χ3v) is 6.91. The van der Waals surface area contributed by atoms with Crippen LogP contribution in [0.4, 0.5) is 11.4 Å². The maximum atomic E-state index is 12.9. The second kappa shape index (κ2) is 11.3. The Bertz CT molecular complexity index is 1410. The van der Waals surface area contributed by atoms with Gasteiger partial charge in [-0.05, 0) is 93.9 Å². The van der Waals surface area contributed by atoms with Gasteiger partial charge >= 0.3 is 0 Å². The van der Waals surface area contributed by atoms with Crippen LogP contribution in [-0.4, -0.2) is 28.8 Å². The third kappa shape index (κ3) is 5.86. The summed E-state index contributed by atoms with van der Waals surface area (Å²) in [6.07, 6.45) is 0. The first-order chi connectivity index (χ1) is 17.4. The van der Waals surface area contributed by atoms with E-state index >= 15 is 0 Å². The summed E-state index contributed by atoms with van der Waals surface area (Å²) < 4.78 is 1.36. The van der Waals surface area contributed by atoms with Crippen LogP contribution >= 0.6 is 11.8 Å². The molecule has 0 aliphatic carbocycles. The molecule has 0 spiro atoms. The molecule has 0 bridgehead atoms. The molecular weight excluding hydrogens is 468 g/mol. The highest BCUT2D eigenvalue weighted by atomic mass is 32.2. The van der Waals surface area contributed by atoms with Gasteiger partial charge in [-0.2, -0.15) is 9.78 Å². The van der Waals surface area contributed by atoms with Crippen LogP contribution in [0.25, 0.3) is 5.69 Å². The number of hydrogen-bond acceptors (Lipinski definition) is 5. The van der Waals surface area contributed by atoms with E-state index in [0.717, 1.165) is 34.9 Å². The van der Waals surface area contributed by atoms with E-state index < -0.39 is 0 Å². The molecule has 0 saturated heterocycles. The van der Waals surface area contributed by atoms with Gasteiger partial charge in [-0.15, -0.1) is 0 Å². The summed E-state index contributed by atoms with van der Waals surface area (Å²) in [4.78, 5) is 28.7. The molecule has 1 amide bonds. The van der Waals surface area contributed by atoms with Crippen molar-refractivity contribution in [2.24, 2.45) is 0 Å². The molecule has 0 aliphatic rings. The van der Waals surface area contributed by atoms with Gasteiger partial charge in [-0.3, -0.25) is 9.59 Å². The quantitative estimate of drug-likeness (QED) is 0.318. The first kappa shape index (κ1) is 25.3. The molecule has 0 atom stereocenters. The van der Waals surface area contributed by atoms with E-state index in [1.54, 1.807) is 30.3 Å². The fourth-order valence-corrected chi connectivity index (χ4v) is 4.66. The van der Waals surface area contributed by atoms with Gasteiger partial charge in [0.1, 0.15) is 5.03 Å². The van der Waals surface area contributed by atoms with Crippen LogP contribution in [0, 0.1) is 13.8 Å². The lowest BCUT2D eigenvalue weighted by atomic mass is 10.1. The molecule has 0 unspecified atom stereocenters. The average Bonchev–Trinajstić information content (AvgIpc) is 2.89. The van der Waals surface area contributed by atoms with E-state index in [9.17, 15) is 9.59 Å². The number of anilines is 2. The van der Waals surface area contributed by atoms with Crippen LogP contribution in [0.1, 0.15) is 35.3 Å². The van der Waals surface area contributed by atoms with Crippen LogP contribution in [0.15, 0.2) is 93.6 Å². The highest BCUT2D eigenvalue weighted by Gasteiger charge is 2.11. The summed E-state index contributed by atoms with van der Waals surface area (Å²) in [5, 5.41) is 8.22. The molecular formula is C29H30N4O2S. The molecule has 0 aliphatic heterocycles. The first-order valence-corrected chi connectivity index (χ1v) is 12.8. The Kier molecular flexibility index (Phi) is 7.90. The minimum Gasteiger partial charge on any atom is -0.372 e. The molecule has 3 aromatic carbocycles. The fraction of sp³-hybridized carbons (Fsp3) is 0.207. The van der Waals surface area contributed by atoms with Crippen LogP contribution < -0.4 is 15.8 Å². The molecule has 1 heterocycles. The van der Waals surface area contributed by atoms with Gasteiger partial charge in [-0.25, -0.2) is 0 Å². The van der Waals surface area contributed by atoms with E-state index in [4.69, 9.17) is 0 Å². The highest BCUT2D eigenvalue weighted by Crippen LogP contribution is 2.26. The summed E-state index contributed by atoms with van der Waals surface area (Å²) in [7, 11) is 0. The molecule has 4 aromatic rings. The molecule has 6 nitrogen and oxygen atoms in total. The summed E-state index contributed by atoms with van der Waals surface area (Å²) in [5.74, 6) is -0.204. The van der Waals surface area contributed by atoms with Crippen LogP contribution in [-0.2, 0) is 0 Å². The van der Waals surface area contributed by atoms with Gasteiger partial charge in [-0.1, -0.05) is 29.5 Å². The predicted octanol–water partition coefficient (Wildman–Crippen LogP) is 6.10. The number of carbonyl (C=O) groups is 1. The summed E-state index contributed by atoms with van der Waals surface area (Å²) in [6.45, 7) is 10.1. The highest BCUT2D eigenvalue weighted by molar-refractivity contribution is 7.99. The Morgan fingerprint density at radius 2 is 1.61 bits per heavy atom. The molecule has 36 heavy (non-hydrogen) atoms. The smallest absolute Gasteiger partial charge is 0.271 e. The van der Waals surface area contributed by atoms with Gasteiger partial charge in [0.15, 0.2) is 0 Å². The lowest BCUT2D eigenvalue weighted by Gasteiger charge is -2.22. The zero-order chi connectivity index (χ0) is 25.7. The number of benzene rings is 3. The van der Waals surface area contributed by atoms with E-state index in [0.29, 0.717) is 16.3 Å². The second-order valence-electron chi connectivity index (χ2n) is 8.51. The Labute approximate surface area is 216 Å². The SMILES string of the molecule is CCN(CC)c1ccc(NC(=O)c2ccc(-n3nc(Sc4ccc(C)cc4)ccc3=O)cc2)c(C)c1. The van der Waals surface area contributed by atoms with Crippen molar-refractivity contribution in [3.8, 4) is 5.69 Å². The van der Waals surface area contributed by atoms with Gasteiger partial charge in [0.2, 0.25) is 0 Å². The zero-order valence-corrected chi connectivity index (χ0v) is 21.8. The predicted molar refractivity (Wildman–Crippen MR) is 148 cm³/mol.